The van der Waals surface area contributed by atoms with E-state index in [1.165, 1.54) is 28.6 Å². The van der Waals surface area contributed by atoms with Crippen molar-refractivity contribution in [3.63, 3.8) is 0 Å². The van der Waals surface area contributed by atoms with Gasteiger partial charge in [-0.25, -0.2) is 13.2 Å². The van der Waals surface area contributed by atoms with E-state index in [4.69, 9.17) is 4.74 Å². The molecule has 10 heteroatoms. The van der Waals surface area contributed by atoms with Crippen LogP contribution in [0.25, 0.3) is 0 Å². The molecule has 164 valence electrons. The average molecular weight is 445 g/mol. The van der Waals surface area contributed by atoms with E-state index in [0.717, 1.165) is 19.3 Å². The molecule has 2 amide bonds. The first-order valence-electron chi connectivity index (χ1n) is 9.80. The zero-order valence-electron chi connectivity index (χ0n) is 16.7. The number of piperidine rings is 1. The first kappa shape index (κ1) is 22.4. The number of carbonyl (C=O) groups excluding carboxylic acids is 3. The third-order valence-electron chi connectivity index (χ3n) is 4.73. The lowest BCUT2D eigenvalue weighted by Crippen LogP contribution is -2.43. The van der Waals surface area contributed by atoms with Gasteiger partial charge in [-0.1, -0.05) is 36.8 Å². The van der Waals surface area contributed by atoms with E-state index in [-0.39, 0.29) is 10.5 Å². The number of sulfonamides is 1. The first-order chi connectivity index (χ1) is 14.9. The van der Waals surface area contributed by atoms with Crippen LogP contribution in [-0.4, -0.2) is 50.2 Å². The Kier molecular flexibility index (Phi) is 7.37. The lowest BCUT2D eigenvalue weighted by molar-refractivity contribution is -0.125. The zero-order chi connectivity index (χ0) is 22.3. The first-order valence-corrected chi connectivity index (χ1v) is 11.2. The van der Waals surface area contributed by atoms with Gasteiger partial charge in [0, 0.05) is 18.7 Å². The Hall–Kier alpha value is -3.24. The topological polar surface area (TPSA) is 122 Å². The molecule has 0 aliphatic carbocycles. The molecule has 1 fully saturated rings. The molecule has 3 rings (SSSR count). The van der Waals surface area contributed by atoms with Gasteiger partial charge in [0.15, 0.2) is 6.61 Å². The van der Waals surface area contributed by atoms with Crippen LogP contribution in [0.5, 0.6) is 0 Å². The van der Waals surface area contributed by atoms with Crippen molar-refractivity contribution in [2.24, 2.45) is 0 Å². The minimum Gasteiger partial charge on any atom is -0.452 e. The number of nitrogens with zero attached hydrogens (tertiary/aromatic N) is 1. The molecule has 9 nitrogen and oxygen atoms in total. The Labute approximate surface area is 180 Å². The Morgan fingerprint density at radius 1 is 0.871 bits per heavy atom. The highest BCUT2D eigenvalue weighted by Gasteiger charge is 2.30. The smallest absolute Gasteiger partial charge is 0.340 e. The number of hydrazine groups is 1. The fourth-order valence-corrected chi connectivity index (χ4v) is 4.83. The van der Waals surface area contributed by atoms with Gasteiger partial charge in [0.1, 0.15) is 0 Å². The minimum absolute atomic E-state index is 0.144. The SMILES string of the molecule is O=C(COC(=O)c1ccccc1S(=O)(=O)N1CCCCC1)NNC(=O)c1ccccc1. The standard InChI is InChI=1S/C21H23N3O6S/c25-19(22-23-20(26)16-9-3-1-4-10-16)15-30-21(27)17-11-5-6-12-18(17)31(28,29)24-13-7-2-8-14-24/h1,3-6,9-12H,2,7-8,13-15H2,(H,22,25)(H,23,26). The third kappa shape index (κ3) is 5.68. The number of ether oxygens (including phenoxy) is 1. The molecule has 0 saturated carbocycles. The number of benzene rings is 2. The monoisotopic (exact) mass is 445 g/mol. The normalized spacial score (nSPS) is 14.5. The Balaban J connectivity index is 1.59. The van der Waals surface area contributed by atoms with Crippen LogP contribution in [0.15, 0.2) is 59.5 Å². The van der Waals surface area contributed by atoms with Crippen LogP contribution >= 0.6 is 0 Å². The van der Waals surface area contributed by atoms with Crippen LogP contribution in [0.3, 0.4) is 0 Å². The van der Waals surface area contributed by atoms with E-state index in [1.54, 1.807) is 30.3 Å². The van der Waals surface area contributed by atoms with E-state index in [9.17, 15) is 22.8 Å². The van der Waals surface area contributed by atoms with Crippen molar-refractivity contribution < 1.29 is 27.5 Å². The van der Waals surface area contributed by atoms with Gasteiger partial charge in [-0.2, -0.15) is 4.31 Å². The maximum absolute atomic E-state index is 13.0. The summed E-state index contributed by atoms with van der Waals surface area (Å²) >= 11 is 0. The molecule has 1 heterocycles. The summed E-state index contributed by atoms with van der Waals surface area (Å²) < 4.78 is 32.2. The largest absolute Gasteiger partial charge is 0.452 e. The van der Waals surface area contributed by atoms with E-state index in [0.29, 0.717) is 18.7 Å². The molecule has 0 radical (unpaired) electrons. The highest BCUT2D eigenvalue weighted by Crippen LogP contribution is 2.24. The minimum atomic E-state index is -3.85. The maximum Gasteiger partial charge on any atom is 0.340 e. The summed E-state index contributed by atoms with van der Waals surface area (Å²) in [6.45, 7) is 0.108. The molecule has 2 N–H and O–H groups in total. The fraction of sp³-hybridized carbons (Fsp3) is 0.286. The number of carbonyl (C=O) groups is 3. The molecular weight excluding hydrogens is 422 g/mol. The second-order valence-electron chi connectivity index (χ2n) is 6.91. The van der Waals surface area contributed by atoms with Crippen LogP contribution < -0.4 is 10.9 Å². The van der Waals surface area contributed by atoms with Gasteiger partial charge in [0.25, 0.3) is 11.8 Å². The Morgan fingerprint density at radius 3 is 2.23 bits per heavy atom. The summed E-state index contributed by atoms with van der Waals surface area (Å²) in [4.78, 5) is 36.2. The lowest BCUT2D eigenvalue weighted by atomic mass is 10.2. The van der Waals surface area contributed by atoms with Crippen molar-refractivity contribution in [1.29, 1.82) is 0 Å². The summed E-state index contributed by atoms with van der Waals surface area (Å²) in [5.41, 5.74) is 4.55. The number of hydrogen-bond donors (Lipinski definition) is 2. The Bertz CT molecular complexity index is 1050. The Morgan fingerprint density at radius 2 is 1.52 bits per heavy atom. The molecule has 0 bridgehead atoms. The van der Waals surface area contributed by atoms with Gasteiger partial charge < -0.3 is 4.74 Å². The fourth-order valence-electron chi connectivity index (χ4n) is 3.14. The number of nitrogens with one attached hydrogen (secondary N) is 2. The molecule has 1 aliphatic rings. The molecule has 0 atom stereocenters. The quantitative estimate of drug-likeness (QED) is 0.513. The van der Waals surface area contributed by atoms with Gasteiger partial charge in [0.2, 0.25) is 10.0 Å². The summed E-state index contributed by atoms with van der Waals surface area (Å²) in [7, 11) is -3.85. The lowest BCUT2D eigenvalue weighted by Gasteiger charge is -2.26. The number of hydrogen-bond acceptors (Lipinski definition) is 6. The van der Waals surface area contributed by atoms with Gasteiger partial charge in [-0.05, 0) is 37.1 Å². The highest BCUT2D eigenvalue weighted by molar-refractivity contribution is 7.89. The molecule has 2 aromatic carbocycles. The molecule has 2 aromatic rings. The summed E-state index contributed by atoms with van der Waals surface area (Å²) in [5, 5.41) is 0. The van der Waals surface area contributed by atoms with Crippen molar-refractivity contribution in [2.75, 3.05) is 19.7 Å². The van der Waals surface area contributed by atoms with E-state index >= 15 is 0 Å². The molecular formula is C21H23N3O6S. The second kappa shape index (κ2) is 10.2. The maximum atomic E-state index is 13.0. The summed E-state index contributed by atoms with van der Waals surface area (Å²) in [6.07, 6.45) is 2.49. The van der Waals surface area contributed by atoms with Crippen molar-refractivity contribution >= 4 is 27.8 Å². The third-order valence-corrected chi connectivity index (χ3v) is 6.68. The molecule has 1 aliphatic heterocycles. The summed E-state index contributed by atoms with van der Waals surface area (Å²) in [5.74, 6) is -2.24. The van der Waals surface area contributed by atoms with E-state index < -0.39 is 34.4 Å². The van der Waals surface area contributed by atoms with Gasteiger partial charge >= 0.3 is 5.97 Å². The van der Waals surface area contributed by atoms with Crippen molar-refractivity contribution in [1.82, 2.24) is 15.2 Å². The predicted molar refractivity (Wildman–Crippen MR) is 111 cm³/mol. The van der Waals surface area contributed by atoms with Crippen LogP contribution in [0.4, 0.5) is 0 Å². The van der Waals surface area contributed by atoms with Crippen molar-refractivity contribution in [3.05, 3.63) is 65.7 Å². The average Bonchev–Trinajstić information content (AvgIpc) is 2.82. The van der Waals surface area contributed by atoms with E-state index in [2.05, 4.69) is 10.9 Å². The van der Waals surface area contributed by atoms with Crippen molar-refractivity contribution in [3.8, 4) is 0 Å². The summed E-state index contributed by atoms with van der Waals surface area (Å²) in [6, 6.07) is 14.0. The zero-order valence-corrected chi connectivity index (χ0v) is 17.6. The van der Waals surface area contributed by atoms with Crippen LogP contribution in [0.1, 0.15) is 40.0 Å². The van der Waals surface area contributed by atoms with Gasteiger partial charge in [0.05, 0.1) is 10.5 Å². The van der Waals surface area contributed by atoms with Crippen LogP contribution in [0.2, 0.25) is 0 Å². The highest BCUT2D eigenvalue weighted by atomic mass is 32.2. The van der Waals surface area contributed by atoms with Crippen LogP contribution in [-0.2, 0) is 19.6 Å². The molecule has 0 spiro atoms. The van der Waals surface area contributed by atoms with Crippen molar-refractivity contribution in [2.45, 2.75) is 24.2 Å². The van der Waals surface area contributed by atoms with Gasteiger partial charge in [-0.15, -0.1) is 0 Å². The predicted octanol–water partition coefficient (Wildman–Crippen LogP) is 1.48. The number of esters is 1. The molecule has 0 aromatic heterocycles. The number of amides is 2. The molecule has 1 saturated heterocycles. The van der Waals surface area contributed by atoms with Gasteiger partial charge in [-0.3, -0.25) is 20.4 Å². The second-order valence-corrected chi connectivity index (χ2v) is 8.81. The van der Waals surface area contributed by atoms with Crippen LogP contribution in [0, 0.1) is 0 Å². The molecule has 31 heavy (non-hydrogen) atoms. The molecule has 0 unspecified atom stereocenters. The number of rotatable bonds is 6. The van der Waals surface area contributed by atoms with E-state index in [1.807, 2.05) is 0 Å².